The summed E-state index contributed by atoms with van der Waals surface area (Å²) < 4.78 is 6.08. The minimum atomic E-state index is 0.0291. The zero-order valence-corrected chi connectivity index (χ0v) is 21.6. The van der Waals surface area contributed by atoms with Gasteiger partial charge in [0, 0.05) is 42.4 Å². The summed E-state index contributed by atoms with van der Waals surface area (Å²) in [5.41, 5.74) is 2.66. The van der Waals surface area contributed by atoms with Gasteiger partial charge >= 0.3 is 0 Å². The topological polar surface area (TPSA) is 45.7 Å². The van der Waals surface area contributed by atoms with E-state index in [2.05, 4.69) is 58.7 Å². The number of para-hydroxylation sites is 1. The van der Waals surface area contributed by atoms with Crippen LogP contribution in [0, 0.1) is 0 Å². The third-order valence-corrected chi connectivity index (χ3v) is 7.67. The molecular formula is C30H33N3O2S. The fourth-order valence-electron chi connectivity index (χ4n) is 4.94. The van der Waals surface area contributed by atoms with Gasteiger partial charge in [-0.05, 0) is 67.6 Å². The monoisotopic (exact) mass is 499 g/mol. The molecule has 1 fully saturated rings. The Kier molecular flexibility index (Phi) is 7.94. The number of nitrogens with zero attached hydrogens (tertiary/aromatic N) is 3. The molecule has 1 saturated heterocycles. The van der Waals surface area contributed by atoms with Crippen LogP contribution in [0.5, 0.6) is 5.75 Å². The Labute approximate surface area is 217 Å². The Morgan fingerprint density at radius 1 is 1.03 bits per heavy atom. The van der Waals surface area contributed by atoms with E-state index >= 15 is 0 Å². The first kappa shape index (κ1) is 24.5. The molecule has 1 aliphatic rings. The molecule has 0 radical (unpaired) electrons. The molecule has 0 N–H and O–H groups in total. The number of fused-ring (bicyclic) bond motifs is 1. The van der Waals surface area contributed by atoms with Crippen LogP contribution in [-0.2, 0) is 13.1 Å². The van der Waals surface area contributed by atoms with Crippen molar-refractivity contribution in [2.45, 2.75) is 44.8 Å². The van der Waals surface area contributed by atoms with Crippen LogP contribution in [-0.4, -0.2) is 46.9 Å². The fraction of sp³-hybridized carbons (Fsp3) is 0.333. The van der Waals surface area contributed by atoms with E-state index in [1.54, 1.807) is 11.3 Å². The van der Waals surface area contributed by atoms with Crippen LogP contribution < -0.4 is 4.74 Å². The van der Waals surface area contributed by atoms with Gasteiger partial charge in [0.15, 0.2) is 0 Å². The number of benzene rings is 2. The zero-order chi connectivity index (χ0) is 24.7. The van der Waals surface area contributed by atoms with Gasteiger partial charge in [-0.1, -0.05) is 42.5 Å². The average Bonchev–Trinajstić information content (AvgIpc) is 3.42. The highest BCUT2D eigenvalue weighted by atomic mass is 32.1. The number of piperidine rings is 1. The normalized spacial score (nSPS) is 15.9. The molecule has 36 heavy (non-hydrogen) atoms. The van der Waals surface area contributed by atoms with Crippen molar-refractivity contribution in [3.05, 3.63) is 94.3 Å². The summed E-state index contributed by atoms with van der Waals surface area (Å²) in [5.74, 6) is 0.908. The summed E-state index contributed by atoms with van der Waals surface area (Å²) in [6.07, 6.45) is 4.02. The Morgan fingerprint density at radius 3 is 2.72 bits per heavy atom. The van der Waals surface area contributed by atoms with Crippen molar-refractivity contribution in [1.29, 1.82) is 0 Å². The van der Waals surface area contributed by atoms with Crippen LogP contribution in [0.25, 0.3) is 10.9 Å². The molecule has 1 atom stereocenters. The maximum absolute atomic E-state index is 13.3. The molecule has 0 spiro atoms. The smallest absolute Gasteiger partial charge is 0.272 e. The van der Waals surface area contributed by atoms with E-state index in [0.717, 1.165) is 62.0 Å². The van der Waals surface area contributed by atoms with E-state index < -0.39 is 0 Å². The minimum Gasteiger partial charge on any atom is -0.494 e. The number of carbonyl (C=O) groups excluding carboxylic acids is 1. The highest BCUT2D eigenvalue weighted by Crippen LogP contribution is 2.23. The first-order valence-electron chi connectivity index (χ1n) is 12.8. The van der Waals surface area contributed by atoms with Gasteiger partial charge < -0.3 is 9.64 Å². The highest BCUT2D eigenvalue weighted by Gasteiger charge is 2.28. The highest BCUT2D eigenvalue weighted by molar-refractivity contribution is 7.09. The number of ether oxygens (including phenoxy) is 1. The summed E-state index contributed by atoms with van der Waals surface area (Å²) in [5, 5.41) is 3.18. The lowest BCUT2D eigenvalue weighted by Crippen LogP contribution is -2.44. The molecule has 2 aromatic heterocycles. The largest absolute Gasteiger partial charge is 0.494 e. The molecule has 0 aliphatic carbocycles. The second-order valence-electron chi connectivity index (χ2n) is 9.57. The number of rotatable bonds is 9. The summed E-state index contributed by atoms with van der Waals surface area (Å²) in [4.78, 5) is 23.7. The van der Waals surface area contributed by atoms with Gasteiger partial charge in [-0.3, -0.25) is 9.69 Å². The second-order valence-corrected chi connectivity index (χ2v) is 10.6. The fourth-order valence-corrected chi connectivity index (χ4v) is 5.72. The Morgan fingerprint density at radius 2 is 1.89 bits per heavy atom. The Bertz CT molecular complexity index is 1270. The number of likely N-dealkylation sites (tertiary alicyclic amines) is 1. The van der Waals surface area contributed by atoms with E-state index in [1.807, 2.05) is 41.3 Å². The predicted octanol–water partition coefficient (Wildman–Crippen LogP) is 6.39. The van der Waals surface area contributed by atoms with Gasteiger partial charge in [0.05, 0.1) is 12.1 Å². The quantitative estimate of drug-likeness (QED) is 0.268. The second kappa shape index (κ2) is 11.7. The van der Waals surface area contributed by atoms with Gasteiger partial charge in [0.2, 0.25) is 0 Å². The molecule has 3 heterocycles. The number of hydrogen-bond donors (Lipinski definition) is 0. The predicted molar refractivity (Wildman–Crippen MR) is 146 cm³/mol. The van der Waals surface area contributed by atoms with Crippen molar-refractivity contribution in [1.82, 2.24) is 14.8 Å². The van der Waals surface area contributed by atoms with Crippen LogP contribution in [0.2, 0.25) is 0 Å². The Balaban J connectivity index is 1.14. The summed E-state index contributed by atoms with van der Waals surface area (Å²) in [6, 6.07) is 24.6. The van der Waals surface area contributed by atoms with E-state index in [-0.39, 0.29) is 11.9 Å². The molecule has 0 unspecified atom stereocenters. The van der Waals surface area contributed by atoms with Crippen LogP contribution in [0.3, 0.4) is 0 Å². The van der Waals surface area contributed by atoms with Crippen molar-refractivity contribution >= 4 is 28.1 Å². The van der Waals surface area contributed by atoms with E-state index in [0.29, 0.717) is 12.3 Å². The third-order valence-electron chi connectivity index (χ3n) is 6.81. The molecular weight excluding hydrogens is 466 g/mol. The van der Waals surface area contributed by atoms with Gasteiger partial charge in [-0.25, -0.2) is 4.98 Å². The van der Waals surface area contributed by atoms with E-state index in [4.69, 9.17) is 4.74 Å². The molecule has 4 aromatic rings. The molecule has 6 heteroatoms. The summed E-state index contributed by atoms with van der Waals surface area (Å²) >= 11 is 1.80. The van der Waals surface area contributed by atoms with Crippen molar-refractivity contribution in [2.75, 3.05) is 20.2 Å². The molecule has 1 aliphatic heterocycles. The van der Waals surface area contributed by atoms with Crippen molar-refractivity contribution in [3.63, 3.8) is 0 Å². The van der Waals surface area contributed by atoms with Gasteiger partial charge in [0.25, 0.3) is 5.91 Å². The van der Waals surface area contributed by atoms with Gasteiger partial charge in [-0.15, -0.1) is 11.3 Å². The van der Waals surface area contributed by atoms with E-state index in [1.165, 1.54) is 10.4 Å². The first-order valence-corrected chi connectivity index (χ1v) is 13.6. The maximum atomic E-state index is 13.3. The average molecular weight is 500 g/mol. The number of amides is 1. The summed E-state index contributed by atoms with van der Waals surface area (Å²) in [6.45, 7) is 3.24. The molecule has 5 nitrogen and oxygen atoms in total. The number of aromatic nitrogens is 1. The molecule has 0 bridgehead atoms. The van der Waals surface area contributed by atoms with Crippen molar-refractivity contribution < 1.29 is 9.53 Å². The number of thiophene rings is 1. The lowest BCUT2D eigenvalue weighted by atomic mass is 9.99. The van der Waals surface area contributed by atoms with E-state index in [9.17, 15) is 4.79 Å². The van der Waals surface area contributed by atoms with Crippen LogP contribution in [0.4, 0.5) is 0 Å². The number of carbonyl (C=O) groups is 1. The molecule has 5 rings (SSSR count). The van der Waals surface area contributed by atoms with Crippen LogP contribution in [0.1, 0.15) is 46.6 Å². The number of pyridine rings is 1. The third kappa shape index (κ3) is 6.12. The van der Waals surface area contributed by atoms with Gasteiger partial charge in [-0.2, -0.15) is 0 Å². The lowest BCUT2D eigenvalue weighted by Gasteiger charge is -2.35. The molecule has 1 amide bonds. The zero-order valence-electron chi connectivity index (χ0n) is 20.8. The van der Waals surface area contributed by atoms with Crippen molar-refractivity contribution in [3.8, 4) is 5.75 Å². The minimum absolute atomic E-state index is 0.0291. The molecule has 186 valence electrons. The maximum Gasteiger partial charge on any atom is 0.272 e. The first-order chi connectivity index (χ1) is 17.7. The van der Waals surface area contributed by atoms with Crippen LogP contribution in [0.15, 0.2) is 78.2 Å². The molecule has 2 aromatic carbocycles. The Hall–Kier alpha value is -3.22. The SMILES string of the molecule is CN(Cc1ccc(OCC[C@@H]2CCCCN2C(=O)c2ccc3ccccc3n2)cc1)Cc1cccs1. The molecule has 0 saturated carbocycles. The summed E-state index contributed by atoms with van der Waals surface area (Å²) in [7, 11) is 2.15. The van der Waals surface area contributed by atoms with Gasteiger partial charge in [0.1, 0.15) is 11.4 Å². The standard InChI is InChI=1S/C30H33N3O2S/c1-32(22-27-9-6-20-36-27)21-23-11-14-26(15-12-23)35-19-17-25-8-4-5-18-33(25)30(34)29-16-13-24-7-2-3-10-28(24)31-29/h2-3,6-7,9-16,20,25H,4-5,8,17-19,21-22H2,1H3/t25-/m0/s1. The van der Waals surface area contributed by atoms with Crippen molar-refractivity contribution in [2.24, 2.45) is 0 Å². The number of hydrogen-bond acceptors (Lipinski definition) is 5. The lowest BCUT2D eigenvalue weighted by molar-refractivity contribution is 0.0575. The van der Waals surface area contributed by atoms with Crippen LogP contribution >= 0.6 is 11.3 Å².